The van der Waals surface area contributed by atoms with Crippen molar-refractivity contribution in [2.75, 3.05) is 10.6 Å². The Bertz CT molecular complexity index is 611. The van der Waals surface area contributed by atoms with Crippen LogP contribution >= 0.6 is 0 Å². The number of anilines is 2. The third-order valence-electron chi connectivity index (χ3n) is 3.32. The van der Waals surface area contributed by atoms with E-state index in [2.05, 4.69) is 36.8 Å². The summed E-state index contributed by atoms with van der Waals surface area (Å²) in [6.07, 6.45) is 16.7. The van der Waals surface area contributed by atoms with Crippen LogP contribution in [-0.4, -0.2) is 0 Å². The van der Waals surface area contributed by atoms with E-state index in [-0.39, 0.29) is 0 Å². The van der Waals surface area contributed by atoms with E-state index in [9.17, 15) is 0 Å². The van der Waals surface area contributed by atoms with Crippen molar-refractivity contribution in [2.24, 2.45) is 0 Å². The van der Waals surface area contributed by atoms with Crippen molar-refractivity contribution in [1.29, 1.82) is 0 Å². The minimum Gasteiger partial charge on any atom is -0.359 e. The molecule has 2 nitrogen and oxygen atoms in total. The molecule has 0 atom stereocenters. The van der Waals surface area contributed by atoms with Crippen molar-refractivity contribution < 1.29 is 0 Å². The Kier molecular flexibility index (Phi) is 48.9. The Hall–Kier alpha value is -2.74. The van der Waals surface area contributed by atoms with E-state index in [1.54, 1.807) is 12.2 Å². The van der Waals surface area contributed by atoms with Crippen LogP contribution in [0, 0.1) is 0 Å². The summed E-state index contributed by atoms with van der Waals surface area (Å²) in [6.45, 7) is 31.4. The molecule has 0 saturated carbocycles. The topological polar surface area (TPSA) is 24.1 Å². The number of hydrogen-bond acceptors (Lipinski definition) is 2. The summed E-state index contributed by atoms with van der Waals surface area (Å²) < 4.78 is 0. The van der Waals surface area contributed by atoms with Crippen LogP contribution in [0.1, 0.15) is 89.5 Å². The van der Waals surface area contributed by atoms with E-state index >= 15 is 0 Å². The molecule has 190 valence electrons. The SMILES string of the molecule is C/C=C\C.C=C/C(=C\C)Nc1ccc(N/C(C)=C/C)cc1.C=C/C=C\CC.CC.CC.CC. The van der Waals surface area contributed by atoms with Crippen LogP contribution in [0.15, 0.2) is 97.4 Å². The summed E-state index contributed by atoms with van der Waals surface area (Å²) in [5, 5.41) is 6.57. The highest BCUT2D eigenvalue weighted by Crippen LogP contribution is 2.16. The zero-order chi connectivity index (χ0) is 26.9. The molecule has 2 N–H and O–H groups in total. The maximum atomic E-state index is 3.75. The third-order valence-corrected chi connectivity index (χ3v) is 3.32. The number of hydrogen-bond donors (Lipinski definition) is 2. The number of allylic oxidation sites excluding steroid dienone is 9. The van der Waals surface area contributed by atoms with Crippen LogP contribution in [0.4, 0.5) is 11.4 Å². The van der Waals surface area contributed by atoms with E-state index in [1.807, 2.05) is 131 Å². The molecular weight excluding hydrogens is 400 g/mol. The average Bonchev–Trinajstić information content (AvgIpc) is 2.90. The summed E-state index contributed by atoms with van der Waals surface area (Å²) in [4.78, 5) is 0. The van der Waals surface area contributed by atoms with Gasteiger partial charge in [0.1, 0.15) is 0 Å². The molecule has 0 heterocycles. The first-order valence-electron chi connectivity index (χ1n) is 12.4. The summed E-state index contributed by atoms with van der Waals surface area (Å²) in [5.41, 5.74) is 4.30. The molecule has 0 aliphatic heterocycles. The molecule has 2 heteroatoms. The van der Waals surface area contributed by atoms with Crippen molar-refractivity contribution in [1.82, 2.24) is 0 Å². The van der Waals surface area contributed by atoms with Gasteiger partial charge in [0, 0.05) is 22.8 Å². The van der Waals surface area contributed by atoms with Gasteiger partial charge >= 0.3 is 0 Å². The number of benzene rings is 1. The molecule has 0 radical (unpaired) electrons. The van der Waals surface area contributed by atoms with Crippen LogP contribution in [0.2, 0.25) is 0 Å². The van der Waals surface area contributed by atoms with Crippen LogP contribution in [0.5, 0.6) is 0 Å². The molecule has 0 fully saturated rings. The lowest BCUT2D eigenvalue weighted by atomic mass is 10.2. The maximum absolute atomic E-state index is 3.75. The second-order valence-electron chi connectivity index (χ2n) is 5.49. The van der Waals surface area contributed by atoms with Crippen molar-refractivity contribution in [3.8, 4) is 0 Å². The fraction of sp³-hybridized carbons (Fsp3) is 0.419. The minimum absolute atomic E-state index is 1.01. The zero-order valence-corrected chi connectivity index (χ0v) is 24.0. The van der Waals surface area contributed by atoms with Crippen LogP contribution in [0.25, 0.3) is 0 Å². The van der Waals surface area contributed by atoms with Gasteiger partial charge in [-0.15, -0.1) is 0 Å². The molecule has 0 bridgehead atoms. The Balaban J connectivity index is -0.000000135. The van der Waals surface area contributed by atoms with E-state index < -0.39 is 0 Å². The molecule has 0 unspecified atom stereocenters. The van der Waals surface area contributed by atoms with Gasteiger partial charge in [0.25, 0.3) is 0 Å². The highest BCUT2D eigenvalue weighted by molar-refractivity contribution is 5.58. The molecule has 1 aromatic carbocycles. The van der Waals surface area contributed by atoms with Gasteiger partial charge in [0.15, 0.2) is 0 Å². The van der Waals surface area contributed by atoms with Crippen LogP contribution < -0.4 is 10.6 Å². The summed E-state index contributed by atoms with van der Waals surface area (Å²) in [7, 11) is 0. The Morgan fingerprint density at radius 1 is 0.758 bits per heavy atom. The molecular formula is C31H56N2. The zero-order valence-electron chi connectivity index (χ0n) is 24.0. The van der Waals surface area contributed by atoms with Gasteiger partial charge in [-0.3, -0.25) is 0 Å². The molecule has 0 amide bonds. The highest BCUT2D eigenvalue weighted by Gasteiger charge is 1.95. The van der Waals surface area contributed by atoms with Gasteiger partial charge in [-0.2, -0.15) is 0 Å². The monoisotopic (exact) mass is 456 g/mol. The Morgan fingerprint density at radius 3 is 1.42 bits per heavy atom. The lowest BCUT2D eigenvalue weighted by Crippen LogP contribution is -1.97. The normalized spacial score (nSPS) is 9.70. The van der Waals surface area contributed by atoms with Crippen molar-refractivity contribution in [3.05, 3.63) is 97.4 Å². The van der Waals surface area contributed by atoms with Crippen molar-refractivity contribution in [2.45, 2.75) is 89.5 Å². The van der Waals surface area contributed by atoms with Gasteiger partial charge in [-0.05, 0) is 71.4 Å². The van der Waals surface area contributed by atoms with Crippen molar-refractivity contribution >= 4 is 11.4 Å². The molecule has 0 saturated heterocycles. The lowest BCUT2D eigenvalue weighted by Gasteiger charge is -2.09. The first-order chi connectivity index (χ1) is 16.0. The standard InChI is InChI=1S/C15H20N2.C6H10.C4H8.3C2H6/c1-5-12(4)16-14-8-10-15(11-9-14)17-13(6-2)7-3;1-3-5-6-4-2;1-3-4-2;3*1-2/h5-11,16-17H,2H2,1,3-4H3;3,5-6H,1,4H2,2H3;3-4H,1-2H3;3*1-2H3/b12-5+,13-7+;6-5-;4-3-;;;. The fourth-order valence-electron chi connectivity index (χ4n) is 1.58. The third kappa shape index (κ3) is 34.1. The predicted octanol–water partition coefficient (Wildman–Crippen LogP) is 11.3. The molecule has 33 heavy (non-hydrogen) atoms. The number of rotatable bonds is 7. The molecule has 0 aromatic heterocycles. The van der Waals surface area contributed by atoms with Crippen molar-refractivity contribution in [3.63, 3.8) is 0 Å². The summed E-state index contributed by atoms with van der Waals surface area (Å²) in [6, 6.07) is 8.17. The van der Waals surface area contributed by atoms with Gasteiger partial charge in [0.05, 0.1) is 0 Å². The molecule has 0 aliphatic rings. The first kappa shape index (κ1) is 40.6. The first-order valence-corrected chi connectivity index (χ1v) is 12.4. The summed E-state index contributed by atoms with van der Waals surface area (Å²) in [5.74, 6) is 0. The highest BCUT2D eigenvalue weighted by atomic mass is 14.9. The predicted molar refractivity (Wildman–Crippen MR) is 161 cm³/mol. The Labute approximate surface area is 209 Å². The van der Waals surface area contributed by atoms with Gasteiger partial charge in [-0.25, -0.2) is 0 Å². The van der Waals surface area contributed by atoms with Gasteiger partial charge < -0.3 is 10.6 Å². The largest absolute Gasteiger partial charge is 0.359 e. The van der Waals surface area contributed by atoms with Crippen LogP contribution in [0.3, 0.4) is 0 Å². The second kappa shape index (κ2) is 39.7. The van der Waals surface area contributed by atoms with E-state index in [0.717, 1.165) is 29.2 Å². The van der Waals surface area contributed by atoms with Crippen LogP contribution in [-0.2, 0) is 0 Å². The van der Waals surface area contributed by atoms with Gasteiger partial charge in [-0.1, -0.05) is 104 Å². The van der Waals surface area contributed by atoms with Gasteiger partial charge in [0.2, 0.25) is 0 Å². The summed E-state index contributed by atoms with van der Waals surface area (Å²) >= 11 is 0. The molecule has 0 aliphatic carbocycles. The molecule has 1 aromatic rings. The molecule has 0 spiro atoms. The second-order valence-corrected chi connectivity index (χ2v) is 5.49. The van der Waals surface area contributed by atoms with E-state index in [4.69, 9.17) is 0 Å². The quantitative estimate of drug-likeness (QED) is 0.315. The number of nitrogens with one attached hydrogen (secondary N) is 2. The fourth-order valence-corrected chi connectivity index (χ4v) is 1.58. The average molecular weight is 457 g/mol. The Morgan fingerprint density at radius 2 is 1.18 bits per heavy atom. The molecule has 1 rings (SSSR count). The maximum Gasteiger partial charge on any atom is 0.0385 e. The lowest BCUT2D eigenvalue weighted by molar-refractivity contribution is 1.22. The van der Waals surface area contributed by atoms with E-state index in [0.29, 0.717) is 0 Å². The minimum atomic E-state index is 1.01. The smallest absolute Gasteiger partial charge is 0.0385 e. The van der Waals surface area contributed by atoms with E-state index in [1.165, 1.54) is 0 Å².